The van der Waals surface area contributed by atoms with Crippen molar-refractivity contribution in [2.24, 2.45) is 0 Å². The number of fused-ring (bicyclic) bond motifs is 1. The molecule has 2 aromatic carbocycles. The van der Waals surface area contributed by atoms with Crippen LogP contribution in [0.15, 0.2) is 58.5 Å². The number of nitrogens with zero attached hydrogens (tertiary/aromatic N) is 1. The summed E-state index contributed by atoms with van der Waals surface area (Å²) in [7, 11) is 0. The Morgan fingerprint density at radius 3 is 2.60 bits per heavy atom. The minimum absolute atomic E-state index is 0.625. The van der Waals surface area contributed by atoms with Crippen molar-refractivity contribution in [3.8, 4) is 0 Å². The second-order valence-electron chi connectivity index (χ2n) is 4.23. The molecule has 2 N–H and O–H groups in total. The number of nitrogens with two attached hydrogens (primary N) is 1. The molecule has 5 heteroatoms. The van der Waals surface area contributed by atoms with Gasteiger partial charge in [-0.1, -0.05) is 35.0 Å². The first kappa shape index (κ1) is 13.6. The van der Waals surface area contributed by atoms with E-state index < -0.39 is 0 Å². The highest BCUT2D eigenvalue weighted by Gasteiger charge is 2.09. The number of aromatic nitrogens is 1. The summed E-state index contributed by atoms with van der Waals surface area (Å²) in [5, 5.41) is 2.20. The molecule has 0 aliphatic heterocycles. The fourth-order valence-corrected chi connectivity index (χ4v) is 3.38. The first-order valence-electron chi connectivity index (χ1n) is 5.91. The molecule has 0 atom stereocenters. The standard InChI is InChI=1S/C15H10Cl2N2S/c16-9-3-5-13(11(17)8-9)20-14-6-4-12(18)10-2-1-7-19-15(10)14/h1-8H,18H2. The van der Waals surface area contributed by atoms with E-state index in [4.69, 9.17) is 28.9 Å². The van der Waals surface area contributed by atoms with Gasteiger partial charge in [-0.05, 0) is 42.5 Å². The highest BCUT2D eigenvalue weighted by molar-refractivity contribution is 7.99. The van der Waals surface area contributed by atoms with E-state index in [1.54, 1.807) is 24.0 Å². The molecule has 0 radical (unpaired) electrons. The first-order valence-corrected chi connectivity index (χ1v) is 7.48. The summed E-state index contributed by atoms with van der Waals surface area (Å²) in [5.74, 6) is 0. The quantitative estimate of drug-likeness (QED) is 0.653. The summed E-state index contributed by atoms with van der Waals surface area (Å²) in [6.45, 7) is 0. The topological polar surface area (TPSA) is 38.9 Å². The van der Waals surface area contributed by atoms with Gasteiger partial charge in [-0.2, -0.15) is 0 Å². The van der Waals surface area contributed by atoms with Gasteiger partial charge in [-0.3, -0.25) is 4.98 Å². The van der Waals surface area contributed by atoms with Crippen LogP contribution in [-0.4, -0.2) is 4.98 Å². The molecule has 0 aliphatic rings. The lowest BCUT2D eigenvalue weighted by molar-refractivity contribution is 1.34. The third kappa shape index (κ3) is 2.57. The largest absolute Gasteiger partial charge is 0.398 e. The van der Waals surface area contributed by atoms with E-state index in [1.165, 1.54) is 0 Å². The average Bonchev–Trinajstić information content (AvgIpc) is 2.45. The van der Waals surface area contributed by atoms with Crippen molar-refractivity contribution in [1.82, 2.24) is 4.98 Å². The van der Waals surface area contributed by atoms with Gasteiger partial charge >= 0.3 is 0 Å². The Morgan fingerprint density at radius 1 is 1.00 bits per heavy atom. The van der Waals surface area contributed by atoms with Gasteiger partial charge in [0.05, 0.1) is 10.5 Å². The summed E-state index contributed by atoms with van der Waals surface area (Å²) in [4.78, 5) is 6.37. The SMILES string of the molecule is Nc1ccc(Sc2ccc(Cl)cc2Cl)c2ncccc12. The minimum Gasteiger partial charge on any atom is -0.398 e. The molecule has 1 aromatic heterocycles. The normalized spacial score (nSPS) is 10.9. The highest BCUT2D eigenvalue weighted by atomic mass is 35.5. The second kappa shape index (κ2) is 5.52. The molecule has 3 rings (SSSR count). The fourth-order valence-electron chi connectivity index (χ4n) is 1.93. The number of nitrogen functional groups attached to an aromatic ring is 1. The van der Waals surface area contributed by atoms with Crippen LogP contribution in [0.1, 0.15) is 0 Å². The van der Waals surface area contributed by atoms with E-state index in [9.17, 15) is 0 Å². The fraction of sp³-hybridized carbons (Fsp3) is 0. The molecule has 0 amide bonds. The van der Waals surface area contributed by atoms with Gasteiger partial charge in [0.2, 0.25) is 0 Å². The molecule has 0 saturated heterocycles. The second-order valence-corrected chi connectivity index (χ2v) is 6.16. The molecule has 0 unspecified atom stereocenters. The average molecular weight is 321 g/mol. The summed E-state index contributed by atoms with van der Waals surface area (Å²) in [5.41, 5.74) is 7.58. The molecule has 1 heterocycles. The van der Waals surface area contributed by atoms with Crippen LogP contribution in [-0.2, 0) is 0 Å². The number of hydrogen-bond acceptors (Lipinski definition) is 3. The predicted molar refractivity (Wildman–Crippen MR) is 86.7 cm³/mol. The van der Waals surface area contributed by atoms with Crippen molar-refractivity contribution in [3.63, 3.8) is 0 Å². The van der Waals surface area contributed by atoms with Gasteiger partial charge in [0.15, 0.2) is 0 Å². The van der Waals surface area contributed by atoms with Gasteiger partial charge in [0, 0.05) is 32.1 Å². The van der Waals surface area contributed by atoms with Crippen molar-refractivity contribution in [3.05, 3.63) is 58.7 Å². The zero-order valence-electron chi connectivity index (χ0n) is 10.3. The lowest BCUT2D eigenvalue weighted by atomic mass is 10.2. The molecule has 0 aliphatic carbocycles. The highest BCUT2D eigenvalue weighted by Crippen LogP contribution is 2.38. The Hall–Kier alpha value is -1.42. The Balaban J connectivity index is 2.09. The number of anilines is 1. The van der Waals surface area contributed by atoms with Crippen molar-refractivity contribution >= 4 is 51.6 Å². The third-order valence-corrected chi connectivity index (χ3v) is 4.67. The lowest BCUT2D eigenvalue weighted by Crippen LogP contribution is -1.90. The van der Waals surface area contributed by atoms with E-state index in [2.05, 4.69) is 4.98 Å². The van der Waals surface area contributed by atoms with Crippen LogP contribution in [0.4, 0.5) is 5.69 Å². The number of pyridine rings is 1. The molecular formula is C15H10Cl2N2S. The summed E-state index contributed by atoms with van der Waals surface area (Å²) >= 11 is 13.7. The van der Waals surface area contributed by atoms with Gasteiger partial charge in [-0.15, -0.1) is 0 Å². The van der Waals surface area contributed by atoms with Gasteiger partial charge in [0.25, 0.3) is 0 Å². The number of halogens is 2. The van der Waals surface area contributed by atoms with Crippen LogP contribution >= 0.6 is 35.0 Å². The monoisotopic (exact) mass is 320 g/mol. The van der Waals surface area contributed by atoms with E-state index in [1.807, 2.05) is 36.4 Å². The first-order chi connectivity index (χ1) is 9.65. The van der Waals surface area contributed by atoms with Crippen LogP contribution in [0.2, 0.25) is 10.0 Å². The zero-order chi connectivity index (χ0) is 14.1. The molecular weight excluding hydrogens is 311 g/mol. The predicted octanol–water partition coefficient (Wildman–Crippen LogP) is 5.28. The minimum atomic E-state index is 0.625. The number of rotatable bonds is 2. The van der Waals surface area contributed by atoms with Crippen molar-refractivity contribution in [1.29, 1.82) is 0 Å². The maximum absolute atomic E-state index is 6.21. The van der Waals surface area contributed by atoms with Crippen LogP contribution < -0.4 is 5.73 Å². The Bertz CT molecular complexity index is 790. The van der Waals surface area contributed by atoms with Crippen LogP contribution in [0.5, 0.6) is 0 Å². The maximum atomic E-state index is 6.21. The number of benzene rings is 2. The Kier molecular flexibility index (Phi) is 3.74. The van der Waals surface area contributed by atoms with Crippen LogP contribution in [0, 0.1) is 0 Å². The molecule has 0 spiro atoms. The lowest BCUT2D eigenvalue weighted by Gasteiger charge is -2.08. The smallest absolute Gasteiger partial charge is 0.0861 e. The molecule has 3 aromatic rings. The molecule has 0 fully saturated rings. The molecule has 0 bridgehead atoms. The third-order valence-electron chi connectivity index (χ3n) is 2.88. The van der Waals surface area contributed by atoms with E-state index in [0.717, 1.165) is 26.4 Å². The summed E-state index contributed by atoms with van der Waals surface area (Å²) in [6, 6.07) is 13.1. The summed E-state index contributed by atoms with van der Waals surface area (Å²) in [6.07, 6.45) is 1.76. The van der Waals surface area contributed by atoms with Crippen LogP contribution in [0.25, 0.3) is 10.9 Å². The molecule has 2 nitrogen and oxygen atoms in total. The van der Waals surface area contributed by atoms with Crippen molar-refractivity contribution in [2.75, 3.05) is 5.73 Å². The number of hydrogen-bond donors (Lipinski definition) is 1. The molecule has 100 valence electrons. The Morgan fingerprint density at radius 2 is 1.80 bits per heavy atom. The van der Waals surface area contributed by atoms with Crippen molar-refractivity contribution < 1.29 is 0 Å². The zero-order valence-corrected chi connectivity index (χ0v) is 12.6. The van der Waals surface area contributed by atoms with Gasteiger partial charge < -0.3 is 5.73 Å². The molecule has 0 saturated carbocycles. The molecule has 20 heavy (non-hydrogen) atoms. The Labute approximate surface area is 130 Å². The van der Waals surface area contributed by atoms with E-state index >= 15 is 0 Å². The van der Waals surface area contributed by atoms with Gasteiger partial charge in [0.1, 0.15) is 0 Å². The van der Waals surface area contributed by atoms with E-state index in [-0.39, 0.29) is 0 Å². The summed E-state index contributed by atoms with van der Waals surface area (Å²) < 4.78 is 0. The van der Waals surface area contributed by atoms with Gasteiger partial charge in [-0.25, -0.2) is 0 Å². The van der Waals surface area contributed by atoms with Crippen molar-refractivity contribution in [2.45, 2.75) is 9.79 Å². The maximum Gasteiger partial charge on any atom is 0.0861 e. The van der Waals surface area contributed by atoms with Crippen LogP contribution in [0.3, 0.4) is 0 Å². The van der Waals surface area contributed by atoms with E-state index in [0.29, 0.717) is 10.0 Å².